The summed E-state index contributed by atoms with van der Waals surface area (Å²) in [6, 6.07) is 23.8. The molecule has 2 aliphatic carbocycles. The molecule has 0 unspecified atom stereocenters. The molecular formula is C31H20N4O2+2. The Morgan fingerprint density at radius 3 is 2.19 bits per heavy atom. The Balaban J connectivity index is 1.35. The molecule has 0 radical (unpaired) electrons. The zero-order valence-electron chi connectivity index (χ0n) is 19.8. The number of hydrogen-bond acceptors (Lipinski definition) is 4. The van der Waals surface area contributed by atoms with Gasteiger partial charge in [-0.3, -0.25) is 9.59 Å². The first-order valence-corrected chi connectivity index (χ1v) is 12.1. The number of fused-ring (bicyclic) bond motifs is 3. The van der Waals surface area contributed by atoms with Gasteiger partial charge in [-0.1, -0.05) is 48.5 Å². The van der Waals surface area contributed by atoms with Crippen molar-refractivity contribution in [2.24, 2.45) is 0 Å². The Morgan fingerprint density at radius 1 is 0.757 bits per heavy atom. The molecule has 0 N–H and O–H groups in total. The highest BCUT2D eigenvalue weighted by Crippen LogP contribution is 2.29. The van der Waals surface area contributed by atoms with Crippen LogP contribution in [-0.2, 0) is 13.1 Å². The molecule has 2 aliphatic rings. The monoisotopic (exact) mass is 480 g/mol. The zero-order valence-corrected chi connectivity index (χ0v) is 19.8. The van der Waals surface area contributed by atoms with E-state index in [-0.39, 0.29) is 11.6 Å². The molecule has 6 heteroatoms. The van der Waals surface area contributed by atoms with Gasteiger partial charge in [0.2, 0.25) is 17.7 Å². The maximum atomic E-state index is 13.7. The summed E-state index contributed by atoms with van der Waals surface area (Å²) in [7, 11) is 0. The third-order valence-corrected chi connectivity index (χ3v) is 6.84. The molecule has 0 spiro atoms. The lowest BCUT2D eigenvalue weighted by atomic mass is 9.87. The van der Waals surface area contributed by atoms with Crippen LogP contribution in [0.5, 0.6) is 0 Å². The Labute approximate surface area is 212 Å². The number of aromatic nitrogens is 4. The van der Waals surface area contributed by atoms with E-state index in [0.717, 1.165) is 33.2 Å². The quantitative estimate of drug-likeness (QED) is 0.279. The van der Waals surface area contributed by atoms with Crippen molar-refractivity contribution in [1.29, 1.82) is 0 Å². The average molecular weight is 481 g/mol. The number of hydrogen-bond donors (Lipinski definition) is 0. The first-order valence-electron chi connectivity index (χ1n) is 12.1. The van der Waals surface area contributed by atoms with Crippen molar-refractivity contribution in [1.82, 2.24) is 14.5 Å². The number of rotatable bonds is 4. The van der Waals surface area contributed by atoms with Crippen LogP contribution in [0.2, 0.25) is 0 Å². The molecule has 7 rings (SSSR count). The molecule has 37 heavy (non-hydrogen) atoms. The largest absolute Gasteiger partial charge is 0.293 e. The molecule has 0 atom stereocenters. The van der Waals surface area contributed by atoms with Crippen LogP contribution in [-0.4, -0.2) is 26.1 Å². The minimum atomic E-state index is -0.188. The highest BCUT2D eigenvalue weighted by Gasteiger charge is 2.46. The van der Waals surface area contributed by atoms with Crippen LogP contribution in [0.1, 0.15) is 32.4 Å². The molecule has 0 saturated heterocycles. The van der Waals surface area contributed by atoms with E-state index in [4.69, 9.17) is 9.97 Å². The number of allylic oxidation sites excluding steroid dienone is 6. The maximum Gasteiger partial charge on any atom is 0.293 e. The fraction of sp³-hybridized carbons (Fsp3) is 0.0645. The van der Waals surface area contributed by atoms with E-state index in [0.29, 0.717) is 35.6 Å². The second-order valence-electron chi connectivity index (χ2n) is 9.19. The van der Waals surface area contributed by atoms with Crippen molar-refractivity contribution in [3.05, 3.63) is 137 Å². The van der Waals surface area contributed by atoms with Gasteiger partial charge in [0.15, 0.2) is 0 Å². The molecule has 0 fully saturated rings. The number of pyridine rings is 2. The summed E-state index contributed by atoms with van der Waals surface area (Å²) in [5.41, 5.74) is 4.90. The first kappa shape index (κ1) is 21.2. The second-order valence-corrected chi connectivity index (χ2v) is 9.19. The van der Waals surface area contributed by atoms with Crippen LogP contribution in [0.15, 0.2) is 108 Å². The molecule has 2 aromatic carbocycles. The summed E-state index contributed by atoms with van der Waals surface area (Å²) >= 11 is 0. The normalized spacial score (nSPS) is 14.3. The maximum absolute atomic E-state index is 13.7. The summed E-state index contributed by atoms with van der Waals surface area (Å²) in [6.45, 7) is 0.717. The van der Waals surface area contributed by atoms with Crippen LogP contribution in [0.25, 0.3) is 21.8 Å². The molecule has 5 aromatic rings. The molecule has 174 valence electrons. The van der Waals surface area contributed by atoms with Gasteiger partial charge in [0.1, 0.15) is 36.4 Å². The number of carbonyl (C=O) groups is 2. The third-order valence-electron chi connectivity index (χ3n) is 6.84. The molecule has 6 nitrogen and oxygen atoms in total. The lowest BCUT2D eigenvalue weighted by molar-refractivity contribution is -0.690. The Kier molecular flexibility index (Phi) is 4.74. The number of para-hydroxylation sites is 2. The van der Waals surface area contributed by atoms with Gasteiger partial charge in [-0.05, 0) is 24.3 Å². The molecular weight excluding hydrogens is 460 g/mol. The van der Waals surface area contributed by atoms with E-state index in [1.807, 2.05) is 88.3 Å². The fourth-order valence-electron chi connectivity index (χ4n) is 5.08. The molecule has 0 bridgehead atoms. The minimum Gasteiger partial charge on any atom is -0.282 e. The van der Waals surface area contributed by atoms with Gasteiger partial charge in [0.05, 0.1) is 28.5 Å². The number of ketones is 2. The van der Waals surface area contributed by atoms with E-state index in [1.54, 1.807) is 18.2 Å². The third kappa shape index (κ3) is 3.51. The second kappa shape index (κ2) is 8.26. The van der Waals surface area contributed by atoms with E-state index in [2.05, 4.69) is 6.08 Å². The summed E-state index contributed by atoms with van der Waals surface area (Å²) in [4.78, 5) is 36.9. The van der Waals surface area contributed by atoms with Crippen molar-refractivity contribution >= 4 is 33.4 Å². The molecule has 0 amide bonds. The summed E-state index contributed by atoms with van der Waals surface area (Å²) in [5, 5.41) is 2.10. The van der Waals surface area contributed by atoms with Gasteiger partial charge in [-0.15, -0.1) is 0 Å². The van der Waals surface area contributed by atoms with Crippen molar-refractivity contribution in [2.45, 2.75) is 13.1 Å². The standard InChI is InChI=1S/C31H20N4O2/c36-30-24-9-3-4-10-25(24)31(37)29-28(30)34(17-22-15-13-20-7-1-5-11-26(20)32-22)19-35(29)18-23-16-14-21-8-2-6-12-27(21)33-23/h1-3,5-16,19H,17-18H2/q+2. The fourth-order valence-corrected chi connectivity index (χ4v) is 5.08. The Bertz CT molecular complexity index is 1740. The van der Waals surface area contributed by atoms with Gasteiger partial charge in [-0.25, -0.2) is 19.1 Å². The molecule has 0 aliphatic heterocycles. The van der Waals surface area contributed by atoms with Crippen LogP contribution >= 0.6 is 0 Å². The predicted molar refractivity (Wildman–Crippen MR) is 139 cm³/mol. The summed E-state index contributed by atoms with van der Waals surface area (Å²) < 4.78 is 3.68. The van der Waals surface area contributed by atoms with E-state index >= 15 is 0 Å². The Hall–Kier alpha value is -5.06. The van der Waals surface area contributed by atoms with Crippen LogP contribution in [0.3, 0.4) is 0 Å². The minimum absolute atomic E-state index is 0.176. The van der Waals surface area contributed by atoms with Crippen molar-refractivity contribution in [3.8, 4) is 0 Å². The smallest absolute Gasteiger partial charge is 0.282 e. The van der Waals surface area contributed by atoms with Crippen LogP contribution in [0, 0.1) is 6.08 Å². The molecule has 3 aromatic heterocycles. The number of Topliss-reactive ketones (excluding diaryl/α,β-unsaturated/α-hetero) is 2. The van der Waals surface area contributed by atoms with E-state index < -0.39 is 0 Å². The predicted octanol–water partition coefficient (Wildman–Crippen LogP) is 4.57. The summed E-state index contributed by atoms with van der Waals surface area (Å²) in [5.74, 6) is -0.364. The molecule has 3 heterocycles. The average Bonchev–Trinajstić information content (AvgIpc) is 3.29. The van der Waals surface area contributed by atoms with Crippen molar-refractivity contribution in [3.63, 3.8) is 0 Å². The van der Waals surface area contributed by atoms with Gasteiger partial charge in [0.25, 0.3) is 11.6 Å². The summed E-state index contributed by atoms with van der Waals surface area (Å²) in [6.07, 6.45) is 9.71. The van der Waals surface area contributed by atoms with Crippen LogP contribution in [0.4, 0.5) is 0 Å². The SMILES string of the molecule is O=C1C2=C(C=[C+]C=C2)C(=O)c2c1n(Cc1ccc3ccccc3n1)c[n+]2Cc1ccc2ccccc2n1. The van der Waals surface area contributed by atoms with Crippen molar-refractivity contribution < 1.29 is 14.2 Å². The van der Waals surface area contributed by atoms with E-state index in [9.17, 15) is 9.59 Å². The van der Waals surface area contributed by atoms with Gasteiger partial charge in [0, 0.05) is 16.8 Å². The Morgan fingerprint density at radius 2 is 1.43 bits per heavy atom. The number of imidazole rings is 1. The van der Waals surface area contributed by atoms with E-state index in [1.165, 1.54) is 0 Å². The van der Waals surface area contributed by atoms with Gasteiger partial charge < -0.3 is 0 Å². The number of benzene rings is 2. The lowest BCUT2D eigenvalue weighted by Crippen LogP contribution is -2.41. The zero-order chi connectivity index (χ0) is 24.9. The topological polar surface area (TPSA) is 68.7 Å². The van der Waals surface area contributed by atoms with Gasteiger partial charge in [-0.2, -0.15) is 0 Å². The van der Waals surface area contributed by atoms with Gasteiger partial charge >= 0.3 is 0 Å². The highest BCUT2D eigenvalue weighted by molar-refractivity contribution is 6.27. The van der Waals surface area contributed by atoms with Crippen LogP contribution < -0.4 is 4.57 Å². The lowest BCUT2D eigenvalue weighted by Gasteiger charge is -2.10. The number of carbonyl (C=O) groups excluding carboxylic acids is 2. The molecule has 0 saturated carbocycles. The highest BCUT2D eigenvalue weighted by atomic mass is 16.1. The van der Waals surface area contributed by atoms with Crippen molar-refractivity contribution in [2.75, 3.05) is 0 Å². The number of nitrogens with zero attached hydrogens (tertiary/aromatic N) is 4. The first-order chi connectivity index (χ1) is 18.2.